The lowest BCUT2D eigenvalue weighted by atomic mass is 9.97. The Labute approximate surface area is 317 Å². The quantitative estimate of drug-likeness (QED) is 0.162. The molecule has 0 spiro atoms. The van der Waals surface area contributed by atoms with E-state index in [0.717, 1.165) is 61.2 Å². The predicted octanol–water partition coefficient (Wildman–Crippen LogP) is 14.5. The molecule has 0 bridgehead atoms. The minimum absolute atomic E-state index is 0.602. The summed E-state index contributed by atoms with van der Waals surface area (Å²) in [6.07, 6.45) is 0. The first-order valence-corrected chi connectivity index (χ1v) is 18.5. The third-order valence-electron chi connectivity index (χ3n) is 10.7. The number of para-hydroxylation sites is 1. The molecule has 4 nitrogen and oxygen atoms in total. The van der Waals surface area contributed by atoms with Crippen LogP contribution in [0, 0.1) is 0 Å². The molecule has 0 saturated carbocycles. The number of fused-ring (bicyclic) bond motifs is 7. The number of anilines is 3. The summed E-state index contributed by atoms with van der Waals surface area (Å²) in [7, 11) is 0. The average molecular weight is 705 g/mol. The van der Waals surface area contributed by atoms with Gasteiger partial charge in [-0.3, -0.25) is 0 Å². The fourth-order valence-electron chi connectivity index (χ4n) is 8.04. The number of hydrogen-bond acceptors (Lipinski definition) is 4. The van der Waals surface area contributed by atoms with Crippen molar-refractivity contribution in [2.75, 3.05) is 4.90 Å². The van der Waals surface area contributed by atoms with Crippen molar-refractivity contribution in [1.82, 2.24) is 4.98 Å². The summed E-state index contributed by atoms with van der Waals surface area (Å²) in [5, 5.41) is 6.94. The molecule has 258 valence electrons. The van der Waals surface area contributed by atoms with E-state index < -0.39 is 0 Å². The summed E-state index contributed by atoms with van der Waals surface area (Å²) in [4.78, 5) is 7.24. The van der Waals surface area contributed by atoms with E-state index in [2.05, 4.69) is 163 Å². The number of nitrogens with zero attached hydrogens (tertiary/aromatic N) is 2. The predicted molar refractivity (Wildman–Crippen MR) is 227 cm³/mol. The molecule has 55 heavy (non-hydrogen) atoms. The van der Waals surface area contributed by atoms with Crippen LogP contribution < -0.4 is 4.90 Å². The van der Waals surface area contributed by atoms with Gasteiger partial charge in [0.2, 0.25) is 5.89 Å². The number of hydrogen-bond donors (Lipinski definition) is 0. The van der Waals surface area contributed by atoms with E-state index in [1.807, 2.05) is 36.4 Å². The Morgan fingerprint density at radius 1 is 0.364 bits per heavy atom. The molecule has 2 aromatic heterocycles. The van der Waals surface area contributed by atoms with Gasteiger partial charge in [0.25, 0.3) is 0 Å². The molecule has 0 N–H and O–H groups in total. The minimum atomic E-state index is 0.602. The summed E-state index contributed by atoms with van der Waals surface area (Å²) in [6, 6.07) is 68.4. The van der Waals surface area contributed by atoms with Crippen molar-refractivity contribution in [1.29, 1.82) is 0 Å². The molecule has 11 rings (SSSR count). The Kier molecular flexibility index (Phi) is 7.14. The second-order valence-electron chi connectivity index (χ2n) is 13.9. The first kappa shape index (κ1) is 31.1. The topological polar surface area (TPSA) is 42.4 Å². The zero-order valence-corrected chi connectivity index (χ0v) is 29.7. The first-order chi connectivity index (χ1) is 27.2. The fraction of sp³-hybridized carbons (Fsp3) is 0. The maximum atomic E-state index is 6.33. The Balaban J connectivity index is 1.05. The van der Waals surface area contributed by atoms with Crippen molar-refractivity contribution in [2.45, 2.75) is 0 Å². The van der Waals surface area contributed by atoms with Gasteiger partial charge in [0.05, 0.1) is 11.4 Å². The van der Waals surface area contributed by atoms with Crippen LogP contribution in [0.1, 0.15) is 0 Å². The molecule has 0 amide bonds. The van der Waals surface area contributed by atoms with Gasteiger partial charge in [-0.25, -0.2) is 4.98 Å². The van der Waals surface area contributed by atoms with Crippen LogP contribution in [-0.4, -0.2) is 4.98 Å². The van der Waals surface area contributed by atoms with E-state index in [0.29, 0.717) is 11.5 Å². The molecule has 0 aliphatic carbocycles. The smallest absolute Gasteiger partial charge is 0.227 e. The summed E-state index contributed by atoms with van der Waals surface area (Å²) in [5.41, 5.74) is 12.0. The molecule has 0 atom stereocenters. The molecule has 2 heterocycles. The highest BCUT2D eigenvalue weighted by Gasteiger charge is 2.21. The molecule has 0 radical (unpaired) electrons. The van der Waals surface area contributed by atoms with Gasteiger partial charge in [0, 0.05) is 39.0 Å². The van der Waals surface area contributed by atoms with E-state index in [1.54, 1.807) is 0 Å². The highest BCUT2D eigenvalue weighted by molar-refractivity contribution is 6.15. The van der Waals surface area contributed by atoms with Crippen molar-refractivity contribution in [2.24, 2.45) is 0 Å². The van der Waals surface area contributed by atoms with E-state index in [4.69, 9.17) is 13.8 Å². The van der Waals surface area contributed by atoms with E-state index >= 15 is 0 Å². The first-order valence-electron chi connectivity index (χ1n) is 18.5. The van der Waals surface area contributed by atoms with E-state index in [-0.39, 0.29) is 0 Å². The van der Waals surface area contributed by atoms with Crippen molar-refractivity contribution in [3.63, 3.8) is 0 Å². The van der Waals surface area contributed by atoms with Crippen LogP contribution in [0.5, 0.6) is 0 Å². The summed E-state index contributed by atoms with van der Waals surface area (Å²) in [5.74, 6) is 0.602. The molecule has 0 aliphatic rings. The van der Waals surface area contributed by atoms with Crippen molar-refractivity contribution < 1.29 is 8.83 Å². The molecule has 0 saturated heterocycles. The van der Waals surface area contributed by atoms with Crippen LogP contribution >= 0.6 is 0 Å². The largest absolute Gasteiger partial charge is 0.456 e. The zero-order chi connectivity index (χ0) is 36.3. The number of oxazole rings is 1. The highest BCUT2D eigenvalue weighted by Crippen LogP contribution is 2.46. The Hall–Kier alpha value is -7.43. The number of benzene rings is 9. The Bertz CT molecular complexity index is 3200. The van der Waals surface area contributed by atoms with Crippen molar-refractivity contribution in [3.8, 4) is 33.7 Å². The van der Waals surface area contributed by atoms with Gasteiger partial charge in [0.15, 0.2) is 5.58 Å². The van der Waals surface area contributed by atoms with Gasteiger partial charge in [-0.2, -0.15) is 0 Å². The number of rotatable bonds is 6. The van der Waals surface area contributed by atoms with Gasteiger partial charge >= 0.3 is 0 Å². The van der Waals surface area contributed by atoms with Gasteiger partial charge in [-0.05, 0) is 87.4 Å². The normalized spacial score (nSPS) is 11.6. The fourth-order valence-corrected chi connectivity index (χ4v) is 8.04. The summed E-state index contributed by atoms with van der Waals surface area (Å²) >= 11 is 0. The lowest BCUT2D eigenvalue weighted by Crippen LogP contribution is -2.12. The molecule has 0 fully saturated rings. The second kappa shape index (κ2) is 12.6. The minimum Gasteiger partial charge on any atom is -0.456 e. The van der Waals surface area contributed by atoms with Gasteiger partial charge in [-0.15, -0.1) is 0 Å². The third-order valence-corrected chi connectivity index (χ3v) is 10.7. The van der Waals surface area contributed by atoms with Crippen LogP contribution in [0.2, 0.25) is 0 Å². The van der Waals surface area contributed by atoms with Crippen LogP contribution in [0.4, 0.5) is 17.1 Å². The molecular weight excluding hydrogens is 673 g/mol. The van der Waals surface area contributed by atoms with Crippen LogP contribution in [0.3, 0.4) is 0 Å². The number of aromatic nitrogens is 1. The van der Waals surface area contributed by atoms with Crippen molar-refractivity contribution in [3.05, 3.63) is 194 Å². The standard InChI is InChI=1S/C51H32N2O2/c1-3-13-34(14-4-1)40-19-11-12-22-46(40)53(47-30-37-17-7-8-18-39(37)41-20-9-10-21-42(41)47)38-26-23-33(24-27-38)36-25-28-48-43(29-36)44-31-45-50(32-49(44)54-48)55-51(52-45)35-15-5-2-6-16-35/h1-32H. The van der Waals surface area contributed by atoms with Crippen LogP contribution in [-0.2, 0) is 0 Å². The Morgan fingerprint density at radius 3 is 1.84 bits per heavy atom. The molecule has 4 heteroatoms. The van der Waals surface area contributed by atoms with Gasteiger partial charge < -0.3 is 13.7 Å². The van der Waals surface area contributed by atoms with Crippen molar-refractivity contribution >= 4 is 71.6 Å². The van der Waals surface area contributed by atoms with E-state index in [9.17, 15) is 0 Å². The SMILES string of the molecule is c1ccc(-c2nc3cc4c(cc3o2)oc2ccc(-c3ccc(N(c5ccccc5-c5ccccc5)c5cc6ccccc6c6ccccc56)cc3)cc24)cc1. The van der Waals surface area contributed by atoms with Gasteiger partial charge in [-0.1, -0.05) is 133 Å². The van der Waals surface area contributed by atoms with E-state index in [1.165, 1.54) is 32.7 Å². The van der Waals surface area contributed by atoms with Gasteiger partial charge in [0.1, 0.15) is 16.7 Å². The molecule has 11 aromatic rings. The number of furan rings is 1. The molecule has 0 aliphatic heterocycles. The maximum Gasteiger partial charge on any atom is 0.227 e. The monoisotopic (exact) mass is 704 g/mol. The zero-order valence-electron chi connectivity index (χ0n) is 29.7. The lowest BCUT2D eigenvalue weighted by Gasteiger charge is -2.29. The second-order valence-corrected chi connectivity index (χ2v) is 13.9. The average Bonchev–Trinajstić information content (AvgIpc) is 3.84. The molecule has 0 unspecified atom stereocenters. The maximum absolute atomic E-state index is 6.33. The Morgan fingerprint density at radius 2 is 1.02 bits per heavy atom. The highest BCUT2D eigenvalue weighted by atomic mass is 16.4. The summed E-state index contributed by atoms with van der Waals surface area (Å²) in [6.45, 7) is 0. The summed E-state index contributed by atoms with van der Waals surface area (Å²) < 4.78 is 12.5. The lowest BCUT2D eigenvalue weighted by molar-refractivity contribution is 0.617. The molecular formula is C51H32N2O2. The molecule has 9 aromatic carbocycles. The third kappa shape index (κ3) is 5.26. The van der Waals surface area contributed by atoms with Crippen LogP contribution in [0.15, 0.2) is 203 Å². The van der Waals surface area contributed by atoms with Crippen LogP contribution in [0.25, 0.3) is 88.3 Å².